The largest absolute Gasteiger partial charge is 0.416 e. The van der Waals surface area contributed by atoms with E-state index >= 15 is 0 Å². The Kier molecular flexibility index (Phi) is 7.40. The van der Waals surface area contributed by atoms with Crippen molar-refractivity contribution in [1.82, 2.24) is 10.2 Å². The minimum atomic E-state index is -4.35. The highest BCUT2D eigenvalue weighted by atomic mass is 19.4. The Morgan fingerprint density at radius 2 is 1.75 bits per heavy atom. The van der Waals surface area contributed by atoms with Gasteiger partial charge in [0.05, 0.1) is 5.56 Å². The SMILES string of the molecule is Cc1ccc(C(=O)N2CCC(c3ccc(C(F)(F)F)cc3)CC2)cc1NC(=O)NCCN. The van der Waals surface area contributed by atoms with E-state index < -0.39 is 11.7 Å². The fourth-order valence-electron chi connectivity index (χ4n) is 3.78. The van der Waals surface area contributed by atoms with Crippen molar-refractivity contribution in [3.8, 4) is 0 Å². The van der Waals surface area contributed by atoms with Crippen molar-refractivity contribution in [1.29, 1.82) is 0 Å². The number of aryl methyl sites for hydroxylation is 1. The number of hydrogen-bond donors (Lipinski definition) is 3. The van der Waals surface area contributed by atoms with Gasteiger partial charge in [-0.1, -0.05) is 18.2 Å². The summed E-state index contributed by atoms with van der Waals surface area (Å²) < 4.78 is 38.3. The molecule has 9 heteroatoms. The molecule has 172 valence electrons. The van der Waals surface area contributed by atoms with E-state index in [1.54, 1.807) is 23.1 Å². The topological polar surface area (TPSA) is 87.5 Å². The Morgan fingerprint density at radius 3 is 2.34 bits per heavy atom. The van der Waals surface area contributed by atoms with E-state index in [9.17, 15) is 22.8 Å². The number of amides is 3. The van der Waals surface area contributed by atoms with Crippen LogP contribution >= 0.6 is 0 Å². The average Bonchev–Trinajstić information content (AvgIpc) is 2.78. The summed E-state index contributed by atoms with van der Waals surface area (Å²) in [6.45, 7) is 3.53. The second-order valence-electron chi connectivity index (χ2n) is 7.89. The normalized spacial score (nSPS) is 14.8. The highest BCUT2D eigenvalue weighted by molar-refractivity contribution is 5.97. The van der Waals surface area contributed by atoms with E-state index in [0.717, 1.165) is 23.3 Å². The molecule has 2 aromatic rings. The van der Waals surface area contributed by atoms with Crippen molar-refractivity contribution in [3.63, 3.8) is 0 Å². The number of rotatable bonds is 5. The van der Waals surface area contributed by atoms with Crippen LogP contribution in [0.25, 0.3) is 0 Å². The summed E-state index contributed by atoms with van der Waals surface area (Å²) in [5.74, 6) is -0.0240. The quantitative estimate of drug-likeness (QED) is 0.643. The highest BCUT2D eigenvalue weighted by Gasteiger charge is 2.31. The first-order valence-electron chi connectivity index (χ1n) is 10.5. The van der Waals surface area contributed by atoms with E-state index in [-0.39, 0.29) is 17.9 Å². The molecular formula is C23H27F3N4O2. The van der Waals surface area contributed by atoms with Crippen molar-refractivity contribution in [2.24, 2.45) is 5.73 Å². The van der Waals surface area contributed by atoms with Gasteiger partial charge in [0.25, 0.3) is 5.91 Å². The van der Waals surface area contributed by atoms with E-state index in [1.807, 2.05) is 6.92 Å². The molecule has 0 saturated carbocycles. The third-order valence-electron chi connectivity index (χ3n) is 5.65. The maximum absolute atomic E-state index is 13.0. The molecule has 4 N–H and O–H groups in total. The lowest BCUT2D eigenvalue weighted by Gasteiger charge is -2.32. The Labute approximate surface area is 185 Å². The Balaban J connectivity index is 1.61. The Hall–Kier alpha value is -3.07. The van der Waals surface area contributed by atoms with Crippen LogP contribution in [-0.4, -0.2) is 43.0 Å². The van der Waals surface area contributed by atoms with Gasteiger partial charge in [-0.3, -0.25) is 4.79 Å². The fourth-order valence-corrected chi connectivity index (χ4v) is 3.78. The lowest BCUT2D eigenvalue weighted by molar-refractivity contribution is -0.137. The van der Waals surface area contributed by atoms with Gasteiger partial charge in [-0.25, -0.2) is 4.79 Å². The summed E-state index contributed by atoms with van der Waals surface area (Å²) in [5.41, 5.74) is 7.42. The zero-order valence-corrected chi connectivity index (χ0v) is 17.8. The minimum absolute atomic E-state index is 0.114. The number of alkyl halides is 3. The number of nitrogens with two attached hydrogens (primary N) is 1. The molecule has 0 spiro atoms. The zero-order valence-electron chi connectivity index (χ0n) is 17.8. The van der Waals surface area contributed by atoms with Crippen LogP contribution in [0.4, 0.5) is 23.7 Å². The van der Waals surface area contributed by atoms with Gasteiger partial charge in [-0.05, 0) is 61.1 Å². The zero-order chi connectivity index (χ0) is 23.3. The van der Waals surface area contributed by atoms with Crippen LogP contribution in [0.2, 0.25) is 0 Å². The molecule has 0 radical (unpaired) electrons. The van der Waals surface area contributed by atoms with Crippen LogP contribution in [-0.2, 0) is 6.18 Å². The van der Waals surface area contributed by atoms with Gasteiger partial charge < -0.3 is 21.3 Å². The molecule has 2 aromatic carbocycles. The van der Waals surface area contributed by atoms with E-state index in [4.69, 9.17) is 5.73 Å². The number of hydrogen-bond acceptors (Lipinski definition) is 3. The molecule has 1 heterocycles. The van der Waals surface area contributed by atoms with Crippen LogP contribution in [0, 0.1) is 6.92 Å². The van der Waals surface area contributed by atoms with Crippen LogP contribution in [0.1, 0.15) is 45.8 Å². The molecule has 0 unspecified atom stereocenters. The van der Waals surface area contributed by atoms with Crippen molar-refractivity contribution >= 4 is 17.6 Å². The molecule has 0 bridgehead atoms. The molecule has 0 aromatic heterocycles. The maximum atomic E-state index is 13.0. The molecular weight excluding hydrogens is 421 g/mol. The van der Waals surface area contributed by atoms with Gasteiger partial charge in [-0.15, -0.1) is 0 Å². The summed E-state index contributed by atoms with van der Waals surface area (Å²) in [6, 6.07) is 10.0. The molecule has 32 heavy (non-hydrogen) atoms. The Bertz CT molecular complexity index is 953. The molecule has 3 amide bonds. The predicted octanol–water partition coefficient (Wildman–Crippen LogP) is 4.11. The van der Waals surface area contributed by atoms with Crippen LogP contribution < -0.4 is 16.4 Å². The number of carbonyl (C=O) groups is 2. The summed E-state index contributed by atoms with van der Waals surface area (Å²) in [5, 5.41) is 5.35. The third kappa shape index (κ3) is 5.79. The fraction of sp³-hybridized carbons (Fsp3) is 0.391. The van der Waals surface area contributed by atoms with Crippen LogP contribution in [0.15, 0.2) is 42.5 Å². The van der Waals surface area contributed by atoms with E-state index in [0.29, 0.717) is 50.3 Å². The molecule has 0 atom stereocenters. The van der Waals surface area contributed by atoms with Crippen LogP contribution in [0.3, 0.4) is 0 Å². The average molecular weight is 448 g/mol. The second kappa shape index (κ2) is 10.0. The van der Waals surface area contributed by atoms with Gasteiger partial charge in [0, 0.05) is 37.4 Å². The number of carbonyl (C=O) groups excluding carboxylic acids is 2. The molecule has 6 nitrogen and oxygen atoms in total. The number of urea groups is 1. The lowest BCUT2D eigenvalue weighted by atomic mass is 9.88. The molecule has 1 aliphatic rings. The van der Waals surface area contributed by atoms with Gasteiger partial charge >= 0.3 is 12.2 Å². The number of piperidine rings is 1. The number of likely N-dealkylation sites (tertiary alicyclic amines) is 1. The predicted molar refractivity (Wildman–Crippen MR) is 117 cm³/mol. The lowest BCUT2D eigenvalue weighted by Crippen LogP contribution is -2.38. The number of anilines is 1. The number of nitrogens with zero attached hydrogens (tertiary/aromatic N) is 1. The van der Waals surface area contributed by atoms with E-state index in [1.165, 1.54) is 12.1 Å². The first-order chi connectivity index (χ1) is 15.2. The molecule has 1 saturated heterocycles. The van der Waals surface area contributed by atoms with Crippen molar-refractivity contribution in [3.05, 3.63) is 64.7 Å². The summed E-state index contributed by atoms with van der Waals surface area (Å²) in [6.07, 6.45) is -2.99. The first kappa shape index (κ1) is 23.6. The number of halogens is 3. The molecule has 0 aliphatic carbocycles. The summed E-state index contributed by atoms with van der Waals surface area (Å²) in [4.78, 5) is 26.6. The standard InChI is InChI=1S/C23H27F3N4O2/c1-15-2-3-18(14-20(15)29-22(32)28-11-10-27)21(31)30-12-8-17(9-13-30)16-4-6-19(7-5-16)23(24,25)26/h2-7,14,17H,8-13,27H2,1H3,(H2,28,29,32). The van der Waals surface area contributed by atoms with Gasteiger partial charge in [0.1, 0.15) is 0 Å². The Morgan fingerprint density at radius 1 is 1.09 bits per heavy atom. The van der Waals surface area contributed by atoms with Crippen molar-refractivity contribution < 1.29 is 22.8 Å². The smallest absolute Gasteiger partial charge is 0.339 e. The minimum Gasteiger partial charge on any atom is -0.339 e. The van der Waals surface area contributed by atoms with Crippen molar-refractivity contribution in [2.45, 2.75) is 31.9 Å². The van der Waals surface area contributed by atoms with Crippen LogP contribution in [0.5, 0.6) is 0 Å². The number of nitrogens with one attached hydrogen (secondary N) is 2. The highest BCUT2D eigenvalue weighted by Crippen LogP contribution is 2.33. The maximum Gasteiger partial charge on any atom is 0.416 e. The number of benzene rings is 2. The molecule has 1 aliphatic heterocycles. The van der Waals surface area contributed by atoms with Crippen molar-refractivity contribution in [2.75, 3.05) is 31.5 Å². The summed E-state index contributed by atoms with van der Waals surface area (Å²) >= 11 is 0. The van der Waals surface area contributed by atoms with E-state index in [2.05, 4.69) is 10.6 Å². The summed E-state index contributed by atoms with van der Waals surface area (Å²) in [7, 11) is 0. The third-order valence-corrected chi connectivity index (χ3v) is 5.65. The van der Waals surface area contributed by atoms with Gasteiger partial charge in [0.2, 0.25) is 0 Å². The van der Waals surface area contributed by atoms with Gasteiger partial charge in [-0.2, -0.15) is 13.2 Å². The van der Waals surface area contributed by atoms with Gasteiger partial charge in [0.15, 0.2) is 0 Å². The molecule has 3 rings (SSSR count). The molecule has 1 fully saturated rings. The first-order valence-corrected chi connectivity index (χ1v) is 10.5. The second-order valence-corrected chi connectivity index (χ2v) is 7.89. The monoisotopic (exact) mass is 448 g/mol.